The van der Waals surface area contributed by atoms with Crippen LogP contribution in [0.2, 0.25) is 0 Å². The number of ether oxygens (including phenoxy) is 1. The molecule has 0 aliphatic heterocycles. The van der Waals surface area contributed by atoms with Gasteiger partial charge < -0.3 is 36.6 Å². The van der Waals surface area contributed by atoms with E-state index in [9.17, 15) is 0 Å². The first-order valence-electron chi connectivity index (χ1n) is 30.9. The van der Waals surface area contributed by atoms with E-state index in [2.05, 4.69) is 117 Å². The molecule has 0 atom stereocenters. The number of H-pyrrole nitrogens is 3. The van der Waals surface area contributed by atoms with E-state index >= 15 is 0 Å². The molecule has 12 aromatic heterocycles. The molecule has 0 bridgehead atoms. The predicted octanol–water partition coefficient (Wildman–Crippen LogP) is 19.3. The number of benzene rings is 6. The maximum atomic E-state index is 5.93. The molecule has 6 aromatic carbocycles. The number of pyridine rings is 3. The summed E-state index contributed by atoms with van der Waals surface area (Å²) in [6.45, 7) is 2.00. The zero-order valence-corrected chi connectivity index (χ0v) is 55.3. The van der Waals surface area contributed by atoms with Gasteiger partial charge in [0.25, 0.3) is 0 Å². The van der Waals surface area contributed by atoms with Crippen LogP contribution >= 0.6 is 45.8 Å². The van der Waals surface area contributed by atoms with E-state index in [0.717, 1.165) is 147 Å². The summed E-state index contributed by atoms with van der Waals surface area (Å²) in [6, 6.07) is 60.0. The first kappa shape index (κ1) is 61.1. The van der Waals surface area contributed by atoms with Crippen LogP contribution in [0.15, 0.2) is 258 Å². The van der Waals surface area contributed by atoms with Gasteiger partial charge in [-0.25, -0.2) is 19.9 Å². The van der Waals surface area contributed by atoms with Gasteiger partial charge in [0, 0.05) is 68.1 Å². The van der Waals surface area contributed by atoms with Crippen molar-refractivity contribution in [3.05, 3.63) is 253 Å². The van der Waals surface area contributed by atoms with E-state index in [1.54, 1.807) is 83.0 Å². The highest BCUT2D eigenvalue weighted by Crippen LogP contribution is 2.37. The second kappa shape index (κ2) is 27.9. The average molecular weight is 1370 g/mol. The summed E-state index contributed by atoms with van der Waals surface area (Å²) >= 11 is 6.45. The molecule has 0 amide bonds. The summed E-state index contributed by atoms with van der Waals surface area (Å²) in [7, 11) is 0. The first-order chi connectivity index (χ1) is 48.8. The fraction of sp³-hybridized carbons (Fsp3) is 0.0137. The maximum Gasteiger partial charge on any atom is 0.229 e. The van der Waals surface area contributed by atoms with E-state index in [0.29, 0.717) is 23.6 Å². The first-order valence-corrected chi connectivity index (χ1v) is 34.3. The summed E-state index contributed by atoms with van der Waals surface area (Å²) in [5.41, 5.74) is 14.2. The molecule has 0 fully saturated rings. The Morgan fingerprint density at radius 3 is 1.34 bits per heavy atom. The van der Waals surface area contributed by atoms with E-state index < -0.39 is 0 Å². The molecule has 480 valence electrons. The van der Waals surface area contributed by atoms with Crippen molar-refractivity contribution >= 4 is 179 Å². The molecule has 22 nitrogen and oxygen atoms in total. The average Bonchev–Trinajstić information content (AvgIpc) is 1.74. The number of thiophene rings is 3. The molecular formula is C73H53N21OS4. The van der Waals surface area contributed by atoms with E-state index in [1.165, 1.54) is 0 Å². The molecule has 12 heterocycles. The van der Waals surface area contributed by atoms with Gasteiger partial charge in [-0.15, -0.1) is 34.0 Å². The van der Waals surface area contributed by atoms with Crippen LogP contribution in [0.4, 0.5) is 69.4 Å². The van der Waals surface area contributed by atoms with Crippen LogP contribution in [-0.4, -0.2) is 75.4 Å². The van der Waals surface area contributed by atoms with E-state index in [4.69, 9.17) is 19.7 Å². The molecule has 0 aliphatic rings. The number of rotatable bonds is 17. The van der Waals surface area contributed by atoms with Gasteiger partial charge in [0.15, 0.2) is 17.5 Å². The van der Waals surface area contributed by atoms with Crippen LogP contribution in [0.25, 0.3) is 74.5 Å². The Kier molecular flexibility index (Phi) is 17.2. The Morgan fingerprint density at radius 1 is 0.384 bits per heavy atom. The second-order valence-electron chi connectivity index (χ2n) is 22.2. The van der Waals surface area contributed by atoms with Gasteiger partial charge in [0.2, 0.25) is 17.8 Å². The Labute approximate surface area is 579 Å². The molecule has 18 rings (SSSR count). The molecule has 0 aliphatic carbocycles. The number of hydrogen-bond acceptors (Lipinski definition) is 23. The zero-order valence-electron chi connectivity index (χ0n) is 52.1. The van der Waals surface area contributed by atoms with Crippen molar-refractivity contribution in [2.24, 2.45) is 0 Å². The normalized spacial score (nSPS) is 11.1. The lowest BCUT2D eigenvalue weighted by molar-refractivity contribution is 0.476. The topological polar surface area (TPSA) is 283 Å². The Balaban J connectivity index is 0.000000116. The third kappa shape index (κ3) is 14.3. The van der Waals surface area contributed by atoms with E-state index in [1.807, 2.05) is 193 Å². The molecule has 18 aromatic rings. The fourth-order valence-electron chi connectivity index (χ4n) is 10.7. The van der Waals surface area contributed by atoms with Crippen molar-refractivity contribution in [2.75, 3.05) is 31.9 Å². The highest BCUT2D eigenvalue weighted by Gasteiger charge is 2.16. The minimum absolute atomic E-state index is 0.512. The summed E-state index contributed by atoms with van der Waals surface area (Å²) < 4.78 is 8.94. The van der Waals surface area contributed by atoms with Gasteiger partial charge >= 0.3 is 0 Å². The van der Waals surface area contributed by atoms with Gasteiger partial charge in [-0.2, -0.15) is 30.2 Å². The Morgan fingerprint density at radius 2 is 0.859 bits per heavy atom. The van der Waals surface area contributed by atoms with E-state index in [-0.39, 0.29) is 0 Å². The van der Waals surface area contributed by atoms with Crippen molar-refractivity contribution in [1.82, 2.24) is 75.4 Å². The molecule has 0 spiro atoms. The molecule has 9 N–H and O–H groups in total. The number of aromatic nitrogens is 15. The largest absolute Gasteiger partial charge is 0.455 e. The van der Waals surface area contributed by atoms with Gasteiger partial charge in [0.1, 0.15) is 16.5 Å². The van der Waals surface area contributed by atoms with Gasteiger partial charge in [-0.3, -0.25) is 25.3 Å². The number of nitrogens with zero attached hydrogens (tertiary/aromatic N) is 12. The number of aromatic amines is 3. The lowest BCUT2D eigenvalue weighted by atomic mass is 10.1. The van der Waals surface area contributed by atoms with Crippen molar-refractivity contribution in [3.8, 4) is 22.6 Å². The van der Waals surface area contributed by atoms with Crippen LogP contribution in [0.1, 0.15) is 5.56 Å². The summed E-state index contributed by atoms with van der Waals surface area (Å²) in [5, 5.41) is 51.5. The van der Waals surface area contributed by atoms with Crippen LogP contribution in [0, 0.1) is 6.92 Å². The third-order valence-corrected chi connectivity index (χ3v) is 19.1. The zero-order chi connectivity index (χ0) is 66.3. The van der Waals surface area contributed by atoms with Crippen molar-refractivity contribution < 1.29 is 4.74 Å². The minimum atomic E-state index is 0.512. The lowest BCUT2D eigenvalue weighted by Crippen LogP contribution is -2.01. The fourth-order valence-corrected chi connectivity index (χ4v) is 13.8. The maximum absolute atomic E-state index is 5.93. The second-order valence-corrected chi connectivity index (χ2v) is 26.1. The number of nitrogens with one attached hydrogen (secondary N) is 9. The molecular weight excluding hydrogens is 1320 g/mol. The number of fused-ring (bicyclic) bond motifs is 6. The summed E-state index contributed by atoms with van der Waals surface area (Å²) in [5.74, 6) is 5.30. The summed E-state index contributed by atoms with van der Waals surface area (Å²) in [4.78, 5) is 42.3. The van der Waals surface area contributed by atoms with Gasteiger partial charge in [-0.05, 0) is 185 Å². The van der Waals surface area contributed by atoms with Crippen LogP contribution < -0.4 is 36.6 Å². The summed E-state index contributed by atoms with van der Waals surface area (Å²) in [6.07, 6.45) is 14.3. The third-order valence-electron chi connectivity index (χ3n) is 15.4. The van der Waals surface area contributed by atoms with Crippen LogP contribution in [-0.2, 0) is 0 Å². The number of anilines is 12. The molecule has 0 radical (unpaired) electrons. The molecule has 0 unspecified atom stereocenters. The van der Waals surface area contributed by atoms with Crippen molar-refractivity contribution in [3.63, 3.8) is 0 Å². The predicted molar refractivity (Wildman–Crippen MR) is 400 cm³/mol. The lowest BCUT2D eigenvalue weighted by Gasteiger charge is -2.12. The molecule has 26 heteroatoms. The molecule has 0 saturated heterocycles. The standard InChI is InChI=1S/C25H19N7OS.C24H17N7S2.C24H17N7S/c1-15-11-17(5-7-22(15)33-19-3-2-9-26-14-19)29-25-30-21-8-10-34-23(21)24(31-25)28-18-4-6-20-16(12-18)13-27-32-20;1-2-4-18(5-3-1)33-21-9-7-17(14-25-21)28-24-29-20-10-11-32-22(20)23(30-24)27-16-6-8-19-15(12-16)13-26-31-19;1-2-16(13-25-10-1)15-3-5-18(6-4-15)28-24-29-21-9-11-32-22(21)23(30-24)27-19-7-8-20-17(12-19)14-26-31-20/h2-14H,1H3,(H,27,32)(H2,28,29,30,31);1-14H,(H,26,31)(H2,27,28,29,30);1-14H,(H,26,31)(H2,27,28,29,30). The van der Waals surface area contributed by atoms with Crippen molar-refractivity contribution in [2.45, 2.75) is 16.8 Å². The number of hydrogen-bond donors (Lipinski definition) is 9. The van der Waals surface area contributed by atoms with Crippen LogP contribution in [0.5, 0.6) is 11.5 Å². The molecule has 99 heavy (non-hydrogen) atoms. The van der Waals surface area contributed by atoms with Crippen LogP contribution in [0.3, 0.4) is 0 Å². The highest BCUT2D eigenvalue weighted by molar-refractivity contribution is 7.99. The SMILES string of the molecule is Cc1cc(Nc2nc(Nc3ccc4[nH]ncc4c3)c3sccc3n2)ccc1Oc1cccnc1.c1ccc(Sc2ccc(Nc3nc(Nc4ccc5[nH]ncc5c4)c4sccc4n3)cn2)cc1.c1cncc(-c2ccc(Nc3nc(Nc4ccc5[nH]ncc5c4)c4sccc4n3)cc2)c1. The monoisotopic (exact) mass is 1370 g/mol. The van der Waals surface area contributed by atoms with Crippen molar-refractivity contribution in [1.29, 1.82) is 0 Å². The Bertz CT molecular complexity index is 5810. The minimum Gasteiger partial charge on any atom is -0.455 e. The Hall–Kier alpha value is -12.8. The smallest absolute Gasteiger partial charge is 0.229 e. The van der Waals surface area contributed by atoms with Gasteiger partial charge in [0.05, 0.1) is 83.9 Å². The molecule has 0 saturated carbocycles. The van der Waals surface area contributed by atoms with Gasteiger partial charge in [-0.1, -0.05) is 48.2 Å². The quantitative estimate of drug-likeness (QED) is 0.0409. The highest BCUT2D eigenvalue weighted by atomic mass is 32.2. The number of aryl methyl sites for hydroxylation is 1.